The maximum absolute atomic E-state index is 13.7. The van der Waals surface area contributed by atoms with Crippen LogP contribution in [0.4, 0.5) is 5.69 Å². The summed E-state index contributed by atoms with van der Waals surface area (Å²) in [5.74, 6) is 0.280. The molecular weight excluding hydrogens is 462 g/mol. The van der Waals surface area contributed by atoms with E-state index >= 15 is 0 Å². The molecule has 0 fully saturated rings. The standard InChI is InChI=1S/C31H33N3O3/c1-3-5-6-13-22-37-26-20-18-25(19-21-26)32-30(35)28-27(23-14-9-7-10-15-23)29(24-16-11-8-12-17-24)33-34(4-2)31(28)36/h7-12,14-21H,3-6,13,22H2,1-2H3,(H,32,35). The molecule has 0 saturated carbocycles. The monoisotopic (exact) mass is 495 g/mol. The van der Waals surface area contributed by atoms with Crippen molar-refractivity contribution in [3.63, 3.8) is 0 Å². The van der Waals surface area contributed by atoms with Crippen molar-refractivity contribution in [3.05, 3.63) is 101 Å². The Morgan fingerprint density at radius 1 is 0.838 bits per heavy atom. The topological polar surface area (TPSA) is 73.2 Å². The Morgan fingerprint density at radius 2 is 1.49 bits per heavy atom. The molecule has 0 aliphatic heterocycles. The number of nitrogens with one attached hydrogen (secondary N) is 1. The summed E-state index contributed by atoms with van der Waals surface area (Å²) in [4.78, 5) is 27.1. The highest BCUT2D eigenvalue weighted by Crippen LogP contribution is 2.32. The lowest BCUT2D eigenvalue weighted by molar-refractivity contribution is 0.102. The highest BCUT2D eigenvalue weighted by atomic mass is 16.5. The van der Waals surface area contributed by atoms with E-state index in [1.165, 1.54) is 17.5 Å². The van der Waals surface area contributed by atoms with Gasteiger partial charge in [0.1, 0.15) is 11.3 Å². The molecule has 1 heterocycles. The number of benzene rings is 3. The quantitative estimate of drug-likeness (QED) is 0.232. The fourth-order valence-corrected chi connectivity index (χ4v) is 4.23. The third-order valence-corrected chi connectivity index (χ3v) is 6.17. The fourth-order valence-electron chi connectivity index (χ4n) is 4.23. The Labute approximate surface area is 217 Å². The minimum absolute atomic E-state index is 0.0677. The van der Waals surface area contributed by atoms with E-state index < -0.39 is 11.5 Å². The molecule has 0 radical (unpaired) electrons. The minimum atomic E-state index is -0.473. The average molecular weight is 496 g/mol. The molecule has 0 atom stereocenters. The molecule has 0 aliphatic rings. The van der Waals surface area contributed by atoms with Gasteiger partial charge in [0.2, 0.25) is 0 Å². The molecule has 1 aromatic heterocycles. The van der Waals surface area contributed by atoms with E-state index in [2.05, 4.69) is 17.3 Å². The summed E-state index contributed by atoms with van der Waals surface area (Å²) in [6, 6.07) is 26.3. The van der Waals surface area contributed by atoms with Crippen molar-refractivity contribution in [2.45, 2.75) is 46.1 Å². The van der Waals surface area contributed by atoms with Gasteiger partial charge in [0.15, 0.2) is 0 Å². The van der Waals surface area contributed by atoms with Crippen LogP contribution in [0, 0.1) is 0 Å². The number of unbranched alkanes of at least 4 members (excludes halogenated alkanes) is 3. The average Bonchev–Trinajstić information content (AvgIpc) is 2.94. The van der Waals surface area contributed by atoms with Crippen molar-refractivity contribution in [1.29, 1.82) is 0 Å². The number of carbonyl (C=O) groups excluding carboxylic acids is 1. The van der Waals surface area contributed by atoms with E-state index in [0.717, 1.165) is 29.7 Å². The number of amides is 1. The summed E-state index contributed by atoms with van der Waals surface area (Å²) < 4.78 is 7.16. The SMILES string of the molecule is CCCCCCOc1ccc(NC(=O)c2c(-c3ccccc3)c(-c3ccccc3)nn(CC)c2=O)cc1. The third-order valence-electron chi connectivity index (χ3n) is 6.17. The summed E-state index contributed by atoms with van der Waals surface area (Å²) in [7, 11) is 0. The molecule has 0 spiro atoms. The van der Waals surface area contributed by atoms with Gasteiger partial charge in [-0.15, -0.1) is 0 Å². The van der Waals surface area contributed by atoms with Gasteiger partial charge in [-0.2, -0.15) is 5.10 Å². The van der Waals surface area contributed by atoms with Gasteiger partial charge >= 0.3 is 0 Å². The Balaban J connectivity index is 1.68. The molecule has 0 aliphatic carbocycles. The molecule has 0 saturated heterocycles. The van der Waals surface area contributed by atoms with E-state index in [0.29, 0.717) is 30.1 Å². The number of carbonyl (C=O) groups is 1. The molecule has 6 heteroatoms. The van der Waals surface area contributed by atoms with Crippen LogP contribution in [0.3, 0.4) is 0 Å². The van der Waals surface area contributed by atoms with Gasteiger partial charge in [0.05, 0.1) is 12.3 Å². The first-order chi connectivity index (χ1) is 18.1. The molecule has 4 rings (SSSR count). The first-order valence-corrected chi connectivity index (χ1v) is 12.9. The van der Waals surface area contributed by atoms with Crippen LogP contribution < -0.4 is 15.6 Å². The van der Waals surface area contributed by atoms with Gasteiger partial charge in [-0.1, -0.05) is 86.8 Å². The number of hydrogen-bond acceptors (Lipinski definition) is 4. The molecule has 0 unspecified atom stereocenters. The molecule has 190 valence electrons. The Kier molecular flexibility index (Phi) is 8.87. The van der Waals surface area contributed by atoms with Crippen molar-refractivity contribution in [2.24, 2.45) is 0 Å². The number of anilines is 1. The molecule has 1 amide bonds. The smallest absolute Gasteiger partial charge is 0.280 e. The summed E-state index contributed by atoms with van der Waals surface area (Å²) in [6.07, 6.45) is 4.57. The largest absolute Gasteiger partial charge is 0.494 e. The first kappa shape index (κ1) is 25.9. The predicted octanol–water partition coefficient (Wildman–Crippen LogP) is 6.81. The van der Waals surface area contributed by atoms with Gasteiger partial charge in [-0.05, 0) is 43.2 Å². The zero-order chi connectivity index (χ0) is 26.0. The molecule has 37 heavy (non-hydrogen) atoms. The van der Waals surface area contributed by atoms with Crippen molar-refractivity contribution in [3.8, 4) is 28.1 Å². The van der Waals surface area contributed by atoms with Crippen molar-refractivity contribution < 1.29 is 9.53 Å². The second kappa shape index (κ2) is 12.7. The van der Waals surface area contributed by atoms with Crippen LogP contribution in [-0.2, 0) is 6.54 Å². The summed E-state index contributed by atoms with van der Waals surface area (Å²) in [6.45, 7) is 5.04. The summed E-state index contributed by atoms with van der Waals surface area (Å²) in [5, 5.41) is 7.57. The number of ether oxygens (including phenoxy) is 1. The molecule has 3 aromatic carbocycles. The van der Waals surface area contributed by atoms with Crippen LogP contribution in [0.1, 0.15) is 49.9 Å². The number of aromatic nitrogens is 2. The van der Waals surface area contributed by atoms with E-state index in [1.807, 2.05) is 79.7 Å². The second-order valence-corrected chi connectivity index (χ2v) is 8.84. The fraction of sp³-hybridized carbons (Fsp3) is 0.258. The van der Waals surface area contributed by atoms with Gasteiger partial charge < -0.3 is 10.1 Å². The van der Waals surface area contributed by atoms with Gasteiger partial charge in [0.25, 0.3) is 11.5 Å². The molecular formula is C31H33N3O3. The van der Waals surface area contributed by atoms with Crippen molar-refractivity contribution in [1.82, 2.24) is 9.78 Å². The summed E-state index contributed by atoms with van der Waals surface area (Å²) in [5.41, 5.74) is 2.92. The van der Waals surface area contributed by atoms with Gasteiger partial charge in [-0.3, -0.25) is 9.59 Å². The second-order valence-electron chi connectivity index (χ2n) is 8.84. The van der Waals surface area contributed by atoms with E-state index in [9.17, 15) is 9.59 Å². The maximum Gasteiger partial charge on any atom is 0.280 e. The summed E-state index contributed by atoms with van der Waals surface area (Å²) >= 11 is 0. The zero-order valence-corrected chi connectivity index (χ0v) is 21.4. The van der Waals surface area contributed by atoms with Crippen LogP contribution in [-0.4, -0.2) is 22.3 Å². The highest BCUT2D eigenvalue weighted by Gasteiger charge is 2.25. The van der Waals surface area contributed by atoms with Crippen LogP contribution in [0.2, 0.25) is 0 Å². The van der Waals surface area contributed by atoms with Gasteiger partial charge in [0, 0.05) is 23.4 Å². The number of hydrogen-bond donors (Lipinski definition) is 1. The lowest BCUT2D eigenvalue weighted by Gasteiger charge is -2.17. The predicted molar refractivity (Wildman–Crippen MR) is 149 cm³/mol. The third kappa shape index (κ3) is 6.33. The Hall–Kier alpha value is -4.19. The molecule has 1 N–H and O–H groups in total. The number of nitrogens with zero attached hydrogens (tertiary/aromatic N) is 2. The minimum Gasteiger partial charge on any atom is -0.494 e. The van der Waals surface area contributed by atoms with Crippen LogP contribution in [0.15, 0.2) is 89.7 Å². The first-order valence-electron chi connectivity index (χ1n) is 12.9. The lowest BCUT2D eigenvalue weighted by Crippen LogP contribution is -2.32. The number of rotatable bonds is 11. The van der Waals surface area contributed by atoms with E-state index in [4.69, 9.17) is 4.74 Å². The Morgan fingerprint density at radius 3 is 2.11 bits per heavy atom. The van der Waals surface area contributed by atoms with Crippen molar-refractivity contribution >= 4 is 11.6 Å². The molecule has 6 nitrogen and oxygen atoms in total. The van der Waals surface area contributed by atoms with E-state index in [1.54, 1.807) is 12.1 Å². The maximum atomic E-state index is 13.7. The zero-order valence-electron chi connectivity index (χ0n) is 21.4. The van der Waals surface area contributed by atoms with Gasteiger partial charge in [-0.25, -0.2) is 4.68 Å². The van der Waals surface area contributed by atoms with Crippen LogP contribution >= 0.6 is 0 Å². The Bertz CT molecular complexity index is 1360. The molecule has 4 aromatic rings. The van der Waals surface area contributed by atoms with E-state index in [-0.39, 0.29) is 5.56 Å². The molecule has 0 bridgehead atoms. The van der Waals surface area contributed by atoms with Crippen LogP contribution in [0.25, 0.3) is 22.4 Å². The normalized spacial score (nSPS) is 10.8. The van der Waals surface area contributed by atoms with Crippen LogP contribution in [0.5, 0.6) is 5.75 Å². The van der Waals surface area contributed by atoms with Crippen molar-refractivity contribution in [2.75, 3.05) is 11.9 Å². The lowest BCUT2D eigenvalue weighted by atomic mass is 9.95. The highest BCUT2D eigenvalue weighted by molar-refractivity contribution is 6.10. The number of aryl methyl sites for hydroxylation is 1.